The van der Waals surface area contributed by atoms with E-state index in [-0.39, 0.29) is 0 Å². The summed E-state index contributed by atoms with van der Waals surface area (Å²) >= 11 is 0. The molecule has 0 aromatic heterocycles. The molecular formula is C11H19NO2. The van der Waals surface area contributed by atoms with Crippen LogP contribution in [0, 0.1) is 11.8 Å². The Kier molecular flexibility index (Phi) is 2.48. The van der Waals surface area contributed by atoms with Gasteiger partial charge in [-0.2, -0.15) is 0 Å². The Morgan fingerprint density at radius 2 is 2.21 bits per heavy atom. The maximum Gasteiger partial charge on any atom is 0.0933 e. The number of fused-ring (bicyclic) bond motifs is 1. The third-order valence-electron chi connectivity index (χ3n) is 3.84. The highest BCUT2D eigenvalue weighted by Gasteiger charge is 2.47. The standard InChI is InChI=1S/C11H19NO2/c1-2-11(10-5-8(1)10)12-6-9-7-13-3-4-14-9/h8-12H,1-7H2/t8-,9?,10+,11?/m1/s1. The zero-order valence-corrected chi connectivity index (χ0v) is 8.58. The van der Waals surface area contributed by atoms with Gasteiger partial charge in [0.2, 0.25) is 0 Å². The van der Waals surface area contributed by atoms with Crippen LogP contribution in [0.5, 0.6) is 0 Å². The lowest BCUT2D eigenvalue weighted by atomic mass is 10.1. The van der Waals surface area contributed by atoms with Crippen molar-refractivity contribution in [2.75, 3.05) is 26.4 Å². The van der Waals surface area contributed by atoms with Crippen molar-refractivity contribution in [1.29, 1.82) is 0 Å². The van der Waals surface area contributed by atoms with Gasteiger partial charge in [-0.05, 0) is 31.1 Å². The smallest absolute Gasteiger partial charge is 0.0933 e. The van der Waals surface area contributed by atoms with Crippen LogP contribution >= 0.6 is 0 Å². The second-order valence-electron chi connectivity index (χ2n) is 4.82. The molecule has 2 unspecified atom stereocenters. The third-order valence-corrected chi connectivity index (χ3v) is 3.84. The van der Waals surface area contributed by atoms with Crippen LogP contribution in [0.15, 0.2) is 0 Å². The highest BCUT2D eigenvalue weighted by atomic mass is 16.6. The zero-order valence-electron chi connectivity index (χ0n) is 8.58. The molecule has 3 fully saturated rings. The summed E-state index contributed by atoms with van der Waals surface area (Å²) in [5.74, 6) is 2.07. The van der Waals surface area contributed by atoms with Crippen molar-refractivity contribution in [3.8, 4) is 0 Å². The van der Waals surface area contributed by atoms with Gasteiger partial charge in [0.15, 0.2) is 0 Å². The van der Waals surface area contributed by atoms with Crippen molar-refractivity contribution < 1.29 is 9.47 Å². The van der Waals surface area contributed by atoms with Crippen LogP contribution in [0.1, 0.15) is 19.3 Å². The fraction of sp³-hybridized carbons (Fsp3) is 1.00. The summed E-state index contributed by atoms with van der Waals surface area (Å²) in [6, 6.07) is 0.783. The van der Waals surface area contributed by atoms with E-state index in [2.05, 4.69) is 5.32 Å². The SMILES string of the molecule is C1COC(CNC2CC[C@@H]3C[C@H]23)CO1. The molecule has 0 aromatic rings. The minimum absolute atomic E-state index is 0.293. The van der Waals surface area contributed by atoms with Gasteiger partial charge >= 0.3 is 0 Å². The highest BCUT2D eigenvalue weighted by Crippen LogP contribution is 2.51. The van der Waals surface area contributed by atoms with E-state index >= 15 is 0 Å². The first kappa shape index (κ1) is 9.13. The van der Waals surface area contributed by atoms with Gasteiger partial charge in [-0.1, -0.05) is 0 Å². The van der Waals surface area contributed by atoms with Crippen LogP contribution in [0.3, 0.4) is 0 Å². The van der Waals surface area contributed by atoms with E-state index in [4.69, 9.17) is 9.47 Å². The molecule has 4 atom stereocenters. The molecular weight excluding hydrogens is 178 g/mol. The molecule has 1 heterocycles. The fourth-order valence-electron chi connectivity index (χ4n) is 2.89. The maximum absolute atomic E-state index is 5.60. The number of nitrogens with one attached hydrogen (secondary N) is 1. The monoisotopic (exact) mass is 197 g/mol. The Labute approximate surface area is 85.1 Å². The van der Waals surface area contributed by atoms with Gasteiger partial charge in [0, 0.05) is 12.6 Å². The Morgan fingerprint density at radius 3 is 2.86 bits per heavy atom. The Balaban J connectivity index is 1.40. The van der Waals surface area contributed by atoms with Crippen molar-refractivity contribution in [2.24, 2.45) is 11.8 Å². The molecule has 1 aliphatic heterocycles. The summed E-state index contributed by atoms with van der Waals surface area (Å²) in [6.07, 6.45) is 4.59. The zero-order chi connectivity index (χ0) is 9.38. The molecule has 1 N–H and O–H groups in total. The number of hydrogen-bond donors (Lipinski definition) is 1. The molecule has 3 heteroatoms. The van der Waals surface area contributed by atoms with Crippen LogP contribution in [0.4, 0.5) is 0 Å². The van der Waals surface area contributed by atoms with Crippen molar-refractivity contribution in [3.63, 3.8) is 0 Å². The van der Waals surface area contributed by atoms with E-state index in [1.807, 2.05) is 0 Å². The molecule has 3 rings (SSSR count). The molecule has 1 saturated heterocycles. The Bertz CT molecular complexity index is 203. The molecule has 2 saturated carbocycles. The van der Waals surface area contributed by atoms with Gasteiger partial charge in [-0.3, -0.25) is 0 Å². The van der Waals surface area contributed by atoms with E-state index in [0.29, 0.717) is 6.10 Å². The number of hydrogen-bond acceptors (Lipinski definition) is 3. The van der Waals surface area contributed by atoms with Gasteiger partial charge in [0.1, 0.15) is 0 Å². The van der Waals surface area contributed by atoms with E-state index in [1.165, 1.54) is 19.3 Å². The number of rotatable bonds is 3. The number of ether oxygens (including phenoxy) is 2. The molecule has 0 bridgehead atoms. The van der Waals surface area contributed by atoms with Crippen LogP contribution in [-0.4, -0.2) is 38.5 Å². The van der Waals surface area contributed by atoms with Gasteiger partial charge in [-0.25, -0.2) is 0 Å². The van der Waals surface area contributed by atoms with Gasteiger partial charge < -0.3 is 14.8 Å². The molecule has 14 heavy (non-hydrogen) atoms. The summed E-state index contributed by atoms with van der Waals surface area (Å²) in [7, 11) is 0. The van der Waals surface area contributed by atoms with E-state index < -0.39 is 0 Å². The molecule has 0 aromatic carbocycles. The first-order valence-corrected chi connectivity index (χ1v) is 5.86. The maximum atomic E-state index is 5.60. The first-order valence-electron chi connectivity index (χ1n) is 5.86. The van der Waals surface area contributed by atoms with Crippen molar-refractivity contribution in [3.05, 3.63) is 0 Å². The molecule has 0 amide bonds. The predicted molar refractivity (Wildman–Crippen MR) is 53.2 cm³/mol. The lowest BCUT2D eigenvalue weighted by Gasteiger charge is -2.25. The molecule has 3 aliphatic rings. The lowest BCUT2D eigenvalue weighted by molar-refractivity contribution is -0.0871. The molecule has 2 aliphatic carbocycles. The van der Waals surface area contributed by atoms with Crippen molar-refractivity contribution in [2.45, 2.75) is 31.4 Å². The van der Waals surface area contributed by atoms with Crippen LogP contribution in [0.25, 0.3) is 0 Å². The minimum Gasteiger partial charge on any atom is -0.376 e. The molecule has 80 valence electrons. The quantitative estimate of drug-likeness (QED) is 0.725. The summed E-state index contributed by atoms with van der Waals surface area (Å²) < 4.78 is 11.0. The van der Waals surface area contributed by atoms with Crippen LogP contribution in [-0.2, 0) is 9.47 Å². The highest BCUT2D eigenvalue weighted by molar-refractivity contribution is 5.01. The van der Waals surface area contributed by atoms with E-state index in [9.17, 15) is 0 Å². The molecule has 3 nitrogen and oxygen atoms in total. The minimum atomic E-state index is 0.293. The summed E-state index contributed by atoms with van der Waals surface area (Å²) in [5, 5.41) is 3.64. The van der Waals surface area contributed by atoms with Crippen molar-refractivity contribution in [1.82, 2.24) is 5.32 Å². The van der Waals surface area contributed by atoms with Gasteiger partial charge in [0.05, 0.1) is 25.9 Å². The average molecular weight is 197 g/mol. The normalized spacial score (nSPS) is 46.3. The average Bonchev–Trinajstić information content (AvgIpc) is 2.92. The van der Waals surface area contributed by atoms with Crippen LogP contribution < -0.4 is 5.32 Å². The molecule has 0 radical (unpaired) electrons. The largest absolute Gasteiger partial charge is 0.376 e. The fourth-order valence-corrected chi connectivity index (χ4v) is 2.89. The predicted octanol–water partition coefficient (Wildman–Crippen LogP) is 0.790. The van der Waals surface area contributed by atoms with Gasteiger partial charge in [0.25, 0.3) is 0 Å². The van der Waals surface area contributed by atoms with E-state index in [0.717, 1.165) is 44.2 Å². The molecule has 0 spiro atoms. The van der Waals surface area contributed by atoms with Crippen molar-refractivity contribution >= 4 is 0 Å². The Hall–Kier alpha value is -0.120. The topological polar surface area (TPSA) is 30.5 Å². The summed E-state index contributed by atoms with van der Waals surface area (Å²) in [6.45, 7) is 3.29. The second kappa shape index (κ2) is 3.80. The summed E-state index contributed by atoms with van der Waals surface area (Å²) in [4.78, 5) is 0. The van der Waals surface area contributed by atoms with E-state index in [1.54, 1.807) is 0 Å². The third kappa shape index (κ3) is 1.81. The lowest BCUT2D eigenvalue weighted by Crippen LogP contribution is -2.41. The summed E-state index contributed by atoms with van der Waals surface area (Å²) in [5.41, 5.74) is 0. The second-order valence-corrected chi connectivity index (χ2v) is 4.82. The first-order chi connectivity index (χ1) is 6.93. The van der Waals surface area contributed by atoms with Gasteiger partial charge in [-0.15, -0.1) is 0 Å². The Morgan fingerprint density at radius 1 is 1.21 bits per heavy atom. The van der Waals surface area contributed by atoms with Crippen LogP contribution in [0.2, 0.25) is 0 Å².